The molecule has 0 aliphatic rings. The van der Waals surface area contributed by atoms with Gasteiger partial charge < -0.3 is 14.8 Å². The van der Waals surface area contributed by atoms with Gasteiger partial charge in [0.2, 0.25) is 0 Å². The Morgan fingerprint density at radius 2 is 1.56 bits per heavy atom. The minimum atomic E-state index is -0.986. The molecule has 0 saturated heterocycles. The van der Waals surface area contributed by atoms with Crippen LogP contribution < -0.4 is 5.32 Å². The number of alkyl carbamates (subject to hydrolysis) is 1. The number of ketones is 1. The van der Waals surface area contributed by atoms with Crippen LogP contribution in [-0.4, -0.2) is 30.0 Å². The number of fused-ring (bicyclic) bond motifs is 1. The van der Waals surface area contributed by atoms with Crippen LogP contribution in [-0.2, 0) is 20.9 Å². The van der Waals surface area contributed by atoms with Gasteiger partial charge in [-0.05, 0) is 36.6 Å². The first kappa shape index (κ1) is 23.0. The molecule has 32 heavy (non-hydrogen) atoms. The fourth-order valence-corrected chi connectivity index (χ4v) is 3.35. The van der Waals surface area contributed by atoms with Crippen molar-refractivity contribution in [1.29, 1.82) is 0 Å². The van der Waals surface area contributed by atoms with Gasteiger partial charge in [-0.15, -0.1) is 0 Å². The molecule has 0 saturated carbocycles. The van der Waals surface area contributed by atoms with Crippen LogP contribution in [0, 0.1) is 0 Å². The number of amides is 1. The lowest BCUT2D eigenvalue weighted by atomic mass is 9.97. The molecule has 0 aliphatic heterocycles. The van der Waals surface area contributed by atoms with Gasteiger partial charge in [-0.2, -0.15) is 0 Å². The molecule has 3 rings (SSSR count). The lowest BCUT2D eigenvalue weighted by Crippen LogP contribution is -2.43. The highest BCUT2D eigenvalue weighted by Gasteiger charge is 2.25. The standard InChI is InChI=1S/C26H27NO5/c1-18(2)32-25(29)23(27-26(30)31-17-19-9-4-3-5-10-19)15-16-24(28)22-14-8-12-20-11-6-7-13-21(20)22/h3-14,18,23H,15-17H2,1-2H3,(H,27,30). The molecule has 0 bridgehead atoms. The quantitative estimate of drug-likeness (QED) is 0.377. The molecule has 3 aromatic carbocycles. The van der Waals surface area contributed by atoms with Crippen molar-refractivity contribution in [2.45, 2.75) is 45.4 Å². The third kappa shape index (κ3) is 6.41. The number of carbonyl (C=O) groups is 3. The van der Waals surface area contributed by atoms with E-state index in [9.17, 15) is 14.4 Å². The average molecular weight is 434 g/mol. The van der Waals surface area contributed by atoms with Crippen LogP contribution in [0.25, 0.3) is 10.8 Å². The number of rotatable bonds is 9. The van der Waals surface area contributed by atoms with Gasteiger partial charge in [0.15, 0.2) is 5.78 Å². The van der Waals surface area contributed by atoms with E-state index in [1.54, 1.807) is 19.9 Å². The SMILES string of the molecule is CC(C)OC(=O)C(CCC(=O)c1cccc2ccccc12)NC(=O)OCc1ccccc1. The summed E-state index contributed by atoms with van der Waals surface area (Å²) in [5.74, 6) is -0.703. The molecule has 1 N–H and O–H groups in total. The van der Waals surface area contributed by atoms with Crippen molar-refractivity contribution < 1.29 is 23.9 Å². The number of nitrogens with one attached hydrogen (secondary N) is 1. The monoisotopic (exact) mass is 433 g/mol. The highest BCUT2D eigenvalue weighted by molar-refractivity contribution is 6.08. The second-order valence-electron chi connectivity index (χ2n) is 7.73. The Morgan fingerprint density at radius 1 is 0.875 bits per heavy atom. The Morgan fingerprint density at radius 3 is 2.31 bits per heavy atom. The van der Waals surface area contributed by atoms with Gasteiger partial charge in [-0.1, -0.05) is 72.8 Å². The molecule has 1 amide bonds. The maximum absolute atomic E-state index is 12.9. The molecule has 3 aromatic rings. The van der Waals surface area contributed by atoms with Crippen molar-refractivity contribution in [3.05, 3.63) is 83.9 Å². The summed E-state index contributed by atoms with van der Waals surface area (Å²) in [4.78, 5) is 37.7. The minimum Gasteiger partial charge on any atom is -0.461 e. The van der Waals surface area contributed by atoms with Crippen LogP contribution in [0.15, 0.2) is 72.8 Å². The van der Waals surface area contributed by atoms with Crippen LogP contribution in [0.5, 0.6) is 0 Å². The Balaban J connectivity index is 1.65. The molecule has 0 heterocycles. The van der Waals surface area contributed by atoms with Crippen LogP contribution in [0.3, 0.4) is 0 Å². The van der Waals surface area contributed by atoms with Crippen LogP contribution in [0.2, 0.25) is 0 Å². The number of Topliss-reactive ketones (excluding diaryl/α,β-unsaturated/α-hetero) is 1. The summed E-state index contributed by atoms with van der Waals surface area (Å²) in [6.07, 6.45) is -0.906. The van der Waals surface area contributed by atoms with Crippen molar-refractivity contribution in [3.8, 4) is 0 Å². The zero-order chi connectivity index (χ0) is 22.9. The molecule has 0 fully saturated rings. The lowest BCUT2D eigenvalue weighted by molar-refractivity contribution is -0.150. The molecular formula is C26H27NO5. The van der Waals surface area contributed by atoms with Crippen molar-refractivity contribution in [1.82, 2.24) is 5.32 Å². The van der Waals surface area contributed by atoms with Crippen molar-refractivity contribution in [3.63, 3.8) is 0 Å². The molecular weight excluding hydrogens is 406 g/mol. The summed E-state index contributed by atoms with van der Waals surface area (Å²) >= 11 is 0. The fraction of sp³-hybridized carbons (Fsp3) is 0.269. The molecule has 1 unspecified atom stereocenters. The van der Waals surface area contributed by atoms with E-state index < -0.39 is 18.1 Å². The van der Waals surface area contributed by atoms with E-state index in [1.165, 1.54) is 0 Å². The predicted octanol–water partition coefficient (Wildman–Crippen LogP) is 5.05. The third-order valence-electron chi connectivity index (χ3n) is 4.89. The largest absolute Gasteiger partial charge is 0.461 e. The Labute approximate surface area is 187 Å². The normalized spacial score (nSPS) is 11.7. The maximum Gasteiger partial charge on any atom is 0.408 e. The maximum atomic E-state index is 12.9. The summed E-state index contributed by atoms with van der Waals surface area (Å²) < 4.78 is 10.5. The van der Waals surface area contributed by atoms with E-state index in [4.69, 9.17) is 9.47 Å². The number of carbonyl (C=O) groups excluding carboxylic acids is 3. The number of esters is 1. The van der Waals surface area contributed by atoms with E-state index in [0.717, 1.165) is 16.3 Å². The van der Waals surface area contributed by atoms with Crippen LogP contribution >= 0.6 is 0 Å². The van der Waals surface area contributed by atoms with Crippen LogP contribution in [0.4, 0.5) is 4.79 Å². The van der Waals surface area contributed by atoms with E-state index in [-0.39, 0.29) is 31.3 Å². The lowest BCUT2D eigenvalue weighted by Gasteiger charge is -2.19. The van der Waals surface area contributed by atoms with Crippen molar-refractivity contribution in [2.75, 3.05) is 0 Å². The zero-order valence-electron chi connectivity index (χ0n) is 18.2. The third-order valence-corrected chi connectivity index (χ3v) is 4.89. The summed E-state index contributed by atoms with van der Waals surface area (Å²) in [5.41, 5.74) is 1.42. The van der Waals surface area contributed by atoms with Gasteiger partial charge in [-0.3, -0.25) is 4.79 Å². The summed E-state index contributed by atoms with van der Waals surface area (Å²) in [6.45, 7) is 3.53. The van der Waals surface area contributed by atoms with E-state index >= 15 is 0 Å². The minimum absolute atomic E-state index is 0.0742. The van der Waals surface area contributed by atoms with E-state index in [0.29, 0.717) is 5.56 Å². The van der Waals surface area contributed by atoms with Gasteiger partial charge in [0, 0.05) is 12.0 Å². The molecule has 1 atom stereocenters. The zero-order valence-corrected chi connectivity index (χ0v) is 18.2. The van der Waals surface area contributed by atoms with Gasteiger partial charge in [0.1, 0.15) is 12.6 Å². The molecule has 166 valence electrons. The van der Waals surface area contributed by atoms with Crippen LogP contribution in [0.1, 0.15) is 42.6 Å². The smallest absolute Gasteiger partial charge is 0.408 e. The highest BCUT2D eigenvalue weighted by Crippen LogP contribution is 2.21. The number of hydrogen-bond donors (Lipinski definition) is 1. The molecule has 0 radical (unpaired) electrons. The van der Waals surface area contributed by atoms with Crippen molar-refractivity contribution >= 4 is 28.6 Å². The average Bonchev–Trinajstić information content (AvgIpc) is 2.80. The first-order valence-electron chi connectivity index (χ1n) is 10.6. The van der Waals surface area contributed by atoms with E-state index in [2.05, 4.69) is 5.32 Å². The summed E-state index contributed by atoms with van der Waals surface area (Å²) in [6, 6.07) is 21.4. The Bertz CT molecular complexity index is 1070. The Hall–Kier alpha value is -3.67. The van der Waals surface area contributed by atoms with Gasteiger partial charge in [0.05, 0.1) is 6.10 Å². The molecule has 0 aromatic heterocycles. The highest BCUT2D eigenvalue weighted by atomic mass is 16.6. The topological polar surface area (TPSA) is 81.7 Å². The number of benzene rings is 3. The summed E-state index contributed by atoms with van der Waals surface area (Å²) in [7, 11) is 0. The van der Waals surface area contributed by atoms with Gasteiger partial charge in [0.25, 0.3) is 0 Å². The number of ether oxygens (including phenoxy) is 2. The second-order valence-corrected chi connectivity index (χ2v) is 7.73. The second kappa shape index (κ2) is 11.1. The van der Waals surface area contributed by atoms with Gasteiger partial charge in [-0.25, -0.2) is 9.59 Å². The predicted molar refractivity (Wildman–Crippen MR) is 122 cm³/mol. The van der Waals surface area contributed by atoms with Crippen molar-refractivity contribution in [2.24, 2.45) is 0 Å². The molecule has 6 nitrogen and oxygen atoms in total. The Kier molecular flexibility index (Phi) is 7.97. The summed E-state index contributed by atoms with van der Waals surface area (Å²) in [5, 5.41) is 4.38. The molecule has 0 aliphatic carbocycles. The number of hydrogen-bond acceptors (Lipinski definition) is 5. The first-order chi connectivity index (χ1) is 15.4. The first-order valence-corrected chi connectivity index (χ1v) is 10.6. The molecule has 6 heteroatoms. The fourth-order valence-electron chi connectivity index (χ4n) is 3.35. The van der Waals surface area contributed by atoms with Gasteiger partial charge >= 0.3 is 12.1 Å². The molecule has 0 spiro atoms. The van der Waals surface area contributed by atoms with E-state index in [1.807, 2.05) is 66.7 Å².